The fraction of sp³-hybridized carbons (Fsp3) is 0.308. The van der Waals surface area contributed by atoms with Crippen molar-refractivity contribution in [1.29, 1.82) is 0 Å². The summed E-state index contributed by atoms with van der Waals surface area (Å²) < 4.78 is 10.0. The second kappa shape index (κ2) is 4.38. The summed E-state index contributed by atoms with van der Waals surface area (Å²) in [6.07, 6.45) is 0. The number of aromatic hydroxyl groups is 1. The summed E-state index contributed by atoms with van der Waals surface area (Å²) in [5, 5.41) is 9.99. The number of aryl methyl sites for hydroxylation is 1. The van der Waals surface area contributed by atoms with E-state index in [9.17, 15) is 14.7 Å². The quantitative estimate of drug-likeness (QED) is 0.786. The van der Waals surface area contributed by atoms with E-state index in [1.807, 2.05) is 0 Å². The second-order valence-corrected chi connectivity index (χ2v) is 4.20. The van der Waals surface area contributed by atoms with Crippen LogP contribution in [0.5, 0.6) is 5.75 Å². The molecule has 2 aromatic rings. The minimum atomic E-state index is -0.691. The molecule has 19 heavy (non-hydrogen) atoms. The topological polar surface area (TPSA) is 89.6 Å². The number of aromatic nitrogens is 1. The largest absolute Gasteiger partial charge is 0.507 e. The highest BCUT2D eigenvalue weighted by molar-refractivity contribution is 6.02. The van der Waals surface area contributed by atoms with Crippen LogP contribution in [0.15, 0.2) is 9.21 Å². The van der Waals surface area contributed by atoms with Crippen LogP contribution in [0, 0.1) is 20.8 Å². The number of hydrogen-bond donors (Lipinski definition) is 1. The number of carbonyl (C=O) groups is 1. The number of methoxy groups -OCH3 is 1. The molecule has 0 saturated carbocycles. The first-order chi connectivity index (χ1) is 8.88. The van der Waals surface area contributed by atoms with E-state index in [0.29, 0.717) is 0 Å². The lowest BCUT2D eigenvalue weighted by atomic mass is 10.1. The molecule has 0 fully saturated rings. The van der Waals surface area contributed by atoms with Gasteiger partial charge in [-0.15, -0.1) is 0 Å². The third-order valence-corrected chi connectivity index (χ3v) is 2.99. The molecule has 0 amide bonds. The summed E-state index contributed by atoms with van der Waals surface area (Å²) in [7, 11) is 1.21. The molecule has 100 valence electrons. The minimum Gasteiger partial charge on any atom is -0.507 e. The Bertz CT molecular complexity index is 745. The number of oxazole rings is 1. The van der Waals surface area contributed by atoms with Gasteiger partial charge in [0.2, 0.25) is 5.43 Å². The monoisotopic (exact) mass is 263 g/mol. The Morgan fingerprint density at radius 1 is 1.26 bits per heavy atom. The number of ether oxygens (including phenoxy) is 1. The van der Waals surface area contributed by atoms with Gasteiger partial charge in [-0.1, -0.05) is 0 Å². The highest BCUT2D eigenvalue weighted by Crippen LogP contribution is 2.28. The molecule has 0 aliphatic carbocycles. The zero-order chi connectivity index (χ0) is 14.3. The number of rotatable bonds is 1. The first kappa shape index (κ1) is 13.1. The SMILES string of the molecule is COC(=O)c1c(C)c(O)c(C)c(=O)c2nc(C)oc12. The fourth-order valence-electron chi connectivity index (χ4n) is 1.95. The number of esters is 1. The number of carbonyl (C=O) groups excluding carboxylic acids is 1. The van der Waals surface area contributed by atoms with Crippen LogP contribution in [-0.4, -0.2) is 23.2 Å². The summed E-state index contributed by atoms with van der Waals surface area (Å²) in [6, 6.07) is 0. The van der Waals surface area contributed by atoms with E-state index >= 15 is 0 Å². The first-order valence-electron chi connectivity index (χ1n) is 5.60. The lowest BCUT2D eigenvalue weighted by Gasteiger charge is -2.02. The molecule has 1 heterocycles. The average Bonchev–Trinajstić information content (AvgIpc) is 2.74. The van der Waals surface area contributed by atoms with Crippen molar-refractivity contribution in [2.75, 3.05) is 7.11 Å². The van der Waals surface area contributed by atoms with Gasteiger partial charge >= 0.3 is 5.97 Å². The van der Waals surface area contributed by atoms with Crippen molar-refractivity contribution in [2.45, 2.75) is 20.8 Å². The Labute approximate surface area is 108 Å². The highest BCUT2D eigenvalue weighted by Gasteiger charge is 2.23. The summed E-state index contributed by atoms with van der Waals surface area (Å²) in [4.78, 5) is 28.0. The molecular formula is C13H13NO5. The lowest BCUT2D eigenvalue weighted by molar-refractivity contribution is 0.0600. The van der Waals surface area contributed by atoms with Crippen LogP contribution < -0.4 is 5.43 Å². The van der Waals surface area contributed by atoms with Crippen molar-refractivity contribution in [3.05, 3.63) is 32.8 Å². The fourth-order valence-corrected chi connectivity index (χ4v) is 1.95. The summed E-state index contributed by atoms with van der Waals surface area (Å²) in [5.74, 6) is -0.679. The number of nitrogens with zero attached hydrogens (tertiary/aromatic N) is 1. The van der Waals surface area contributed by atoms with E-state index < -0.39 is 11.4 Å². The molecule has 0 atom stereocenters. The van der Waals surface area contributed by atoms with Gasteiger partial charge in [-0.2, -0.15) is 0 Å². The van der Waals surface area contributed by atoms with Gasteiger partial charge < -0.3 is 14.3 Å². The summed E-state index contributed by atoms with van der Waals surface area (Å²) in [5.41, 5.74) is -0.0593. The molecule has 6 heteroatoms. The zero-order valence-corrected chi connectivity index (χ0v) is 11.0. The normalized spacial score (nSPS) is 10.7. The maximum absolute atomic E-state index is 12.1. The molecule has 1 aromatic carbocycles. The molecule has 2 rings (SSSR count). The minimum absolute atomic E-state index is 0.0128. The summed E-state index contributed by atoms with van der Waals surface area (Å²) >= 11 is 0. The van der Waals surface area contributed by atoms with E-state index in [1.54, 1.807) is 6.92 Å². The Morgan fingerprint density at radius 2 is 1.89 bits per heavy atom. The molecule has 1 aromatic heterocycles. The first-order valence-corrected chi connectivity index (χ1v) is 5.60. The Kier molecular flexibility index (Phi) is 3.01. The maximum Gasteiger partial charge on any atom is 0.342 e. The van der Waals surface area contributed by atoms with Gasteiger partial charge in [0.25, 0.3) is 0 Å². The van der Waals surface area contributed by atoms with Crippen molar-refractivity contribution in [3.8, 4) is 5.75 Å². The number of fused-ring (bicyclic) bond motifs is 1. The van der Waals surface area contributed by atoms with Gasteiger partial charge in [-0.25, -0.2) is 9.78 Å². The van der Waals surface area contributed by atoms with Crippen LogP contribution in [-0.2, 0) is 4.74 Å². The molecule has 1 N–H and O–H groups in total. The molecule has 0 aliphatic heterocycles. The van der Waals surface area contributed by atoms with E-state index in [2.05, 4.69) is 9.72 Å². The second-order valence-electron chi connectivity index (χ2n) is 4.20. The van der Waals surface area contributed by atoms with Crippen molar-refractivity contribution >= 4 is 17.1 Å². The van der Waals surface area contributed by atoms with Crippen LogP contribution in [0.25, 0.3) is 11.1 Å². The predicted molar refractivity (Wildman–Crippen MR) is 67.5 cm³/mol. The van der Waals surface area contributed by atoms with Gasteiger partial charge in [0.1, 0.15) is 11.3 Å². The zero-order valence-electron chi connectivity index (χ0n) is 11.0. The number of hydrogen-bond acceptors (Lipinski definition) is 6. The van der Waals surface area contributed by atoms with Crippen LogP contribution >= 0.6 is 0 Å². The van der Waals surface area contributed by atoms with Gasteiger partial charge in [-0.05, 0) is 13.8 Å². The highest BCUT2D eigenvalue weighted by atomic mass is 16.5. The van der Waals surface area contributed by atoms with Crippen LogP contribution in [0.2, 0.25) is 0 Å². The third kappa shape index (κ3) is 1.85. The molecule has 0 aliphatic rings. The third-order valence-electron chi connectivity index (χ3n) is 2.99. The van der Waals surface area contributed by atoms with Crippen molar-refractivity contribution in [3.63, 3.8) is 0 Å². The summed E-state index contributed by atoms with van der Waals surface area (Å²) in [6.45, 7) is 4.56. The molecular weight excluding hydrogens is 250 g/mol. The Hall–Kier alpha value is -2.37. The molecule has 0 bridgehead atoms. The van der Waals surface area contributed by atoms with E-state index in [0.717, 1.165) is 0 Å². The van der Waals surface area contributed by atoms with Gasteiger partial charge in [0.05, 0.1) is 7.11 Å². The Morgan fingerprint density at radius 3 is 2.47 bits per heavy atom. The molecule has 6 nitrogen and oxygen atoms in total. The molecule has 0 radical (unpaired) electrons. The smallest absolute Gasteiger partial charge is 0.342 e. The van der Waals surface area contributed by atoms with Crippen molar-refractivity contribution < 1.29 is 19.1 Å². The average molecular weight is 263 g/mol. The molecule has 0 unspecified atom stereocenters. The van der Waals surface area contributed by atoms with E-state index in [4.69, 9.17) is 4.42 Å². The van der Waals surface area contributed by atoms with E-state index in [-0.39, 0.29) is 39.4 Å². The Balaban J connectivity index is 3.14. The standard InChI is InChI=1S/C13H13NO5/c1-5-8(13(17)18-4)12-9(14-7(3)19-12)11(16)6(2)10(5)15/h15H,1-4H3. The molecule has 0 spiro atoms. The van der Waals surface area contributed by atoms with Gasteiger partial charge in [-0.3, -0.25) is 4.79 Å². The van der Waals surface area contributed by atoms with Crippen LogP contribution in [0.4, 0.5) is 0 Å². The molecule has 0 saturated heterocycles. The van der Waals surface area contributed by atoms with Crippen LogP contribution in [0.1, 0.15) is 27.4 Å². The van der Waals surface area contributed by atoms with Gasteiger partial charge in [0, 0.05) is 18.1 Å². The van der Waals surface area contributed by atoms with Crippen molar-refractivity contribution in [2.24, 2.45) is 0 Å². The van der Waals surface area contributed by atoms with Crippen LogP contribution in [0.3, 0.4) is 0 Å². The lowest BCUT2D eigenvalue weighted by Crippen LogP contribution is -2.03. The predicted octanol–water partition coefficient (Wildman–Crippen LogP) is 1.61. The van der Waals surface area contributed by atoms with Gasteiger partial charge in [0.15, 0.2) is 17.0 Å². The van der Waals surface area contributed by atoms with E-state index in [1.165, 1.54) is 21.0 Å². The van der Waals surface area contributed by atoms with Crippen molar-refractivity contribution in [1.82, 2.24) is 4.98 Å². The maximum atomic E-state index is 12.1.